The number of aryl methyl sites for hydroxylation is 1. The average molecular weight is 239 g/mol. The van der Waals surface area contributed by atoms with E-state index in [4.69, 9.17) is 0 Å². The van der Waals surface area contributed by atoms with E-state index in [1.54, 1.807) is 11.8 Å². The largest absolute Gasteiger partial charge is 0.351 e. The van der Waals surface area contributed by atoms with E-state index >= 15 is 0 Å². The quantitative estimate of drug-likeness (QED) is 0.858. The molecule has 5 heteroatoms. The van der Waals surface area contributed by atoms with Crippen LogP contribution in [0.2, 0.25) is 0 Å². The second-order valence-corrected chi connectivity index (χ2v) is 5.30. The Morgan fingerprint density at radius 1 is 1.75 bits per heavy atom. The molecule has 1 aromatic rings. The number of aromatic nitrogens is 2. The number of hydrogen-bond donors (Lipinski definition) is 1. The van der Waals surface area contributed by atoms with Crippen molar-refractivity contribution in [2.24, 2.45) is 0 Å². The lowest BCUT2D eigenvalue weighted by atomic mass is 10.1. The number of thioether (sulfide) groups is 1. The Kier molecular flexibility index (Phi) is 3.53. The normalized spacial score (nSPS) is 21.2. The minimum absolute atomic E-state index is 0.0317. The van der Waals surface area contributed by atoms with Gasteiger partial charge in [0, 0.05) is 31.4 Å². The van der Waals surface area contributed by atoms with Gasteiger partial charge in [-0.1, -0.05) is 0 Å². The zero-order chi connectivity index (χ0) is 11.5. The summed E-state index contributed by atoms with van der Waals surface area (Å²) < 4.78 is 2.12. The molecule has 1 N–H and O–H groups in total. The second kappa shape index (κ2) is 4.91. The van der Waals surface area contributed by atoms with Gasteiger partial charge in [0.05, 0.1) is 5.25 Å². The molecule has 1 aromatic heterocycles. The Balaban J connectivity index is 1.92. The lowest BCUT2D eigenvalue weighted by molar-refractivity contribution is -0.121. The molecule has 0 saturated carbocycles. The van der Waals surface area contributed by atoms with E-state index in [1.165, 1.54) is 0 Å². The van der Waals surface area contributed by atoms with Gasteiger partial charge in [-0.05, 0) is 19.6 Å². The van der Waals surface area contributed by atoms with Gasteiger partial charge in [-0.2, -0.15) is 11.8 Å². The number of rotatable bonds is 3. The Labute approximate surface area is 99.8 Å². The maximum atomic E-state index is 11.7. The second-order valence-electron chi connectivity index (χ2n) is 4.12. The Bertz CT molecular complexity index is 377. The summed E-state index contributed by atoms with van der Waals surface area (Å²) >= 11 is 1.58. The van der Waals surface area contributed by atoms with Crippen molar-refractivity contribution in [1.82, 2.24) is 14.9 Å². The summed E-state index contributed by atoms with van der Waals surface area (Å²) in [7, 11) is 0. The molecule has 0 unspecified atom stereocenters. The van der Waals surface area contributed by atoms with Gasteiger partial charge in [-0.15, -0.1) is 0 Å². The van der Waals surface area contributed by atoms with Crippen LogP contribution in [0.4, 0.5) is 0 Å². The summed E-state index contributed by atoms with van der Waals surface area (Å²) in [5, 5.41) is 3.12. The SMILES string of the molecule is CS[C@@H](C)C(=O)N[C@@H]1CCc2nccn2C1. The van der Waals surface area contributed by atoms with Gasteiger partial charge in [-0.3, -0.25) is 4.79 Å². The van der Waals surface area contributed by atoms with Crippen LogP contribution in [-0.2, 0) is 17.8 Å². The molecule has 16 heavy (non-hydrogen) atoms. The first kappa shape index (κ1) is 11.5. The van der Waals surface area contributed by atoms with E-state index < -0.39 is 0 Å². The molecule has 4 nitrogen and oxygen atoms in total. The van der Waals surface area contributed by atoms with Crippen LogP contribution in [0.3, 0.4) is 0 Å². The lowest BCUT2D eigenvalue weighted by Crippen LogP contribution is -2.43. The molecule has 1 aliphatic heterocycles. The van der Waals surface area contributed by atoms with Gasteiger partial charge in [-0.25, -0.2) is 4.98 Å². The molecule has 0 aromatic carbocycles. The fraction of sp³-hybridized carbons (Fsp3) is 0.636. The molecule has 0 saturated heterocycles. The first-order valence-corrected chi connectivity index (χ1v) is 6.82. The maximum Gasteiger partial charge on any atom is 0.233 e. The Morgan fingerprint density at radius 2 is 2.56 bits per heavy atom. The smallest absolute Gasteiger partial charge is 0.233 e. The van der Waals surface area contributed by atoms with E-state index in [1.807, 2.05) is 25.6 Å². The highest BCUT2D eigenvalue weighted by Crippen LogP contribution is 2.14. The number of carbonyl (C=O) groups excluding carboxylic acids is 1. The van der Waals surface area contributed by atoms with Gasteiger partial charge < -0.3 is 9.88 Å². The minimum Gasteiger partial charge on any atom is -0.351 e. The topological polar surface area (TPSA) is 46.9 Å². The standard InChI is InChI=1S/C11H17N3OS/c1-8(16-2)11(15)13-9-3-4-10-12-5-6-14(10)7-9/h5-6,8-9H,3-4,7H2,1-2H3,(H,13,15)/t8-,9+/m0/s1. The van der Waals surface area contributed by atoms with Crippen molar-refractivity contribution in [3.8, 4) is 0 Å². The van der Waals surface area contributed by atoms with Crippen LogP contribution in [0.5, 0.6) is 0 Å². The third-order valence-electron chi connectivity index (χ3n) is 3.00. The van der Waals surface area contributed by atoms with Crippen LogP contribution in [-0.4, -0.2) is 33.0 Å². The molecule has 0 fully saturated rings. The predicted molar refractivity (Wildman–Crippen MR) is 65.5 cm³/mol. The average Bonchev–Trinajstić information content (AvgIpc) is 2.75. The van der Waals surface area contributed by atoms with Crippen LogP contribution in [0.15, 0.2) is 12.4 Å². The third kappa shape index (κ3) is 2.40. The van der Waals surface area contributed by atoms with Gasteiger partial charge >= 0.3 is 0 Å². The van der Waals surface area contributed by atoms with Crippen molar-refractivity contribution in [3.05, 3.63) is 18.2 Å². The number of nitrogens with zero attached hydrogens (tertiary/aromatic N) is 2. The summed E-state index contributed by atoms with van der Waals surface area (Å²) in [6, 6.07) is 0.254. The van der Waals surface area contributed by atoms with E-state index in [2.05, 4.69) is 14.9 Å². The van der Waals surface area contributed by atoms with E-state index in [0.717, 1.165) is 25.2 Å². The highest BCUT2D eigenvalue weighted by atomic mass is 32.2. The van der Waals surface area contributed by atoms with Gasteiger partial charge in [0.2, 0.25) is 5.91 Å². The number of nitrogens with one attached hydrogen (secondary N) is 1. The van der Waals surface area contributed by atoms with Crippen molar-refractivity contribution in [3.63, 3.8) is 0 Å². The summed E-state index contributed by atoms with van der Waals surface area (Å²) in [5.41, 5.74) is 0. The first-order valence-electron chi connectivity index (χ1n) is 5.54. The van der Waals surface area contributed by atoms with Crippen molar-refractivity contribution in [1.29, 1.82) is 0 Å². The fourth-order valence-electron chi connectivity index (χ4n) is 1.91. The summed E-state index contributed by atoms with van der Waals surface area (Å²) in [6.07, 6.45) is 7.70. The monoisotopic (exact) mass is 239 g/mol. The number of amides is 1. The summed E-state index contributed by atoms with van der Waals surface area (Å²) in [5.74, 6) is 1.27. The number of hydrogen-bond acceptors (Lipinski definition) is 3. The molecule has 1 aliphatic rings. The summed E-state index contributed by atoms with van der Waals surface area (Å²) in [6.45, 7) is 2.79. The van der Waals surface area contributed by atoms with Crippen LogP contribution in [0.25, 0.3) is 0 Å². The van der Waals surface area contributed by atoms with Crippen molar-refractivity contribution in [2.75, 3.05) is 6.26 Å². The molecular formula is C11H17N3OS. The fourth-order valence-corrected chi connectivity index (χ4v) is 2.19. The van der Waals surface area contributed by atoms with Crippen molar-refractivity contribution in [2.45, 2.75) is 37.6 Å². The van der Waals surface area contributed by atoms with Crippen LogP contribution < -0.4 is 5.32 Å². The molecule has 2 atom stereocenters. The predicted octanol–water partition coefficient (Wildman–Crippen LogP) is 1.07. The van der Waals surface area contributed by atoms with E-state index in [-0.39, 0.29) is 17.2 Å². The Morgan fingerprint density at radius 3 is 3.31 bits per heavy atom. The number of fused-ring (bicyclic) bond motifs is 1. The first-order chi connectivity index (χ1) is 7.70. The van der Waals surface area contributed by atoms with Crippen LogP contribution >= 0.6 is 11.8 Å². The molecule has 0 spiro atoms. The zero-order valence-corrected chi connectivity index (χ0v) is 10.5. The highest BCUT2D eigenvalue weighted by molar-refractivity contribution is 7.99. The van der Waals surface area contributed by atoms with E-state index in [9.17, 15) is 4.79 Å². The van der Waals surface area contributed by atoms with Gasteiger partial charge in [0.15, 0.2) is 0 Å². The molecule has 2 rings (SSSR count). The molecule has 0 bridgehead atoms. The lowest BCUT2D eigenvalue weighted by Gasteiger charge is -2.25. The van der Waals surface area contributed by atoms with E-state index in [0.29, 0.717) is 0 Å². The number of imidazole rings is 1. The van der Waals surface area contributed by atoms with Gasteiger partial charge in [0.25, 0.3) is 0 Å². The van der Waals surface area contributed by atoms with Crippen molar-refractivity contribution >= 4 is 17.7 Å². The van der Waals surface area contributed by atoms with Gasteiger partial charge in [0.1, 0.15) is 5.82 Å². The highest BCUT2D eigenvalue weighted by Gasteiger charge is 2.21. The molecule has 88 valence electrons. The molecule has 0 aliphatic carbocycles. The van der Waals surface area contributed by atoms with Crippen LogP contribution in [0.1, 0.15) is 19.2 Å². The zero-order valence-electron chi connectivity index (χ0n) is 9.64. The van der Waals surface area contributed by atoms with Crippen molar-refractivity contribution < 1.29 is 4.79 Å². The Hall–Kier alpha value is -0.970. The number of carbonyl (C=O) groups is 1. The summed E-state index contributed by atoms with van der Waals surface area (Å²) in [4.78, 5) is 16.0. The van der Waals surface area contributed by atoms with Crippen LogP contribution in [0, 0.1) is 0 Å². The molecule has 1 amide bonds. The molecule has 0 radical (unpaired) electrons. The molecule has 2 heterocycles. The molecular weight excluding hydrogens is 222 g/mol. The maximum absolute atomic E-state index is 11.7. The third-order valence-corrected chi connectivity index (χ3v) is 3.93. The minimum atomic E-state index is 0.0317.